The number of β-amino-alcohol motifs (C(OH)–C–C–N with tert-alkyl or cyclic N) is 1. The summed E-state index contributed by atoms with van der Waals surface area (Å²) in [6.45, 7) is 11.8. The maximum absolute atomic E-state index is 9.85. The largest absolute Gasteiger partial charge is 0.389 e. The van der Waals surface area contributed by atoms with E-state index in [1.807, 2.05) is 25.6 Å². The molecule has 1 N–H and O–H groups in total. The number of nitrogens with zero attached hydrogens (tertiary/aromatic N) is 1. The number of hydrogen-bond donors (Lipinski definition) is 1. The van der Waals surface area contributed by atoms with Crippen molar-refractivity contribution >= 4 is 11.8 Å². The van der Waals surface area contributed by atoms with Crippen molar-refractivity contribution in [1.29, 1.82) is 0 Å². The molecule has 0 bridgehead atoms. The molecule has 16 heavy (non-hydrogen) atoms. The minimum absolute atomic E-state index is 0.197. The summed E-state index contributed by atoms with van der Waals surface area (Å²) < 4.78 is 5.73. The third-order valence-electron chi connectivity index (χ3n) is 2.60. The minimum atomic E-state index is -0.360. The van der Waals surface area contributed by atoms with Gasteiger partial charge in [-0.15, -0.1) is 0 Å². The zero-order valence-corrected chi connectivity index (χ0v) is 11.7. The molecule has 3 nitrogen and oxygen atoms in total. The van der Waals surface area contributed by atoms with Gasteiger partial charge in [-0.3, -0.25) is 4.90 Å². The van der Waals surface area contributed by atoms with Crippen molar-refractivity contribution in [3.63, 3.8) is 0 Å². The normalized spacial score (nSPS) is 23.6. The standard InChI is InChI=1S/C12H25NO2S/c1-10(2)15-8-11(14)7-13-5-6-16-12(3,4)9-13/h10-11,14H,5-9H2,1-4H3. The van der Waals surface area contributed by atoms with Crippen LogP contribution in [0.2, 0.25) is 0 Å². The minimum Gasteiger partial charge on any atom is -0.389 e. The van der Waals surface area contributed by atoms with Crippen LogP contribution in [0.3, 0.4) is 0 Å². The van der Waals surface area contributed by atoms with Gasteiger partial charge in [0.05, 0.1) is 18.8 Å². The maximum Gasteiger partial charge on any atom is 0.0900 e. The van der Waals surface area contributed by atoms with Gasteiger partial charge in [0.25, 0.3) is 0 Å². The molecule has 1 heterocycles. The molecular weight excluding hydrogens is 222 g/mol. The Morgan fingerprint density at radius 2 is 2.12 bits per heavy atom. The Bertz CT molecular complexity index is 209. The molecule has 1 aliphatic rings. The van der Waals surface area contributed by atoms with Crippen molar-refractivity contribution in [3.05, 3.63) is 0 Å². The molecule has 1 fully saturated rings. The molecule has 1 saturated heterocycles. The molecule has 1 unspecified atom stereocenters. The lowest BCUT2D eigenvalue weighted by atomic mass is 10.1. The lowest BCUT2D eigenvalue weighted by molar-refractivity contribution is -0.00887. The fourth-order valence-corrected chi connectivity index (χ4v) is 3.10. The third kappa shape index (κ3) is 5.53. The molecule has 1 rings (SSSR count). The van der Waals surface area contributed by atoms with Gasteiger partial charge >= 0.3 is 0 Å². The van der Waals surface area contributed by atoms with E-state index < -0.39 is 0 Å². The summed E-state index contributed by atoms with van der Waals surface area (Å²) in [5.41, 5.74) is 0. The van der Waals surface area contributed by atoms with Crippen molar-refractivity contribution in [2.24, 2.45) is 0 Å². The van der Waals surface area contributed by atoms with Crippen molar-refractivity contribution in [1.82, 2.24) is 4.90 Å². The predicted octanol–water partition coefficient (Wildman–Crippen LogP) is 1.60. The fourth-order valence-electron chi connectivity index (χ4n) is 1.92. The lowest BCUT2D eigenvalue weighted by Gasteiger charge is -2.38. The van der Waals surface area contributed by atoms with Gasteiger partial charge in [0.1, 0.15) is 0 Å². The summed E-state index contributed by atoms with van der Waals surface area (Å²) in [5, 5.41) is 9.85. The van der Waals surface area contributed by atoms with Gasteiger partial charge < -0.3 is 9.84 Å². The second kappa shape index (κ2) is 6.24. The highest BCUT2D eigenvalue weighted by Gasteiger charge is 2.27. The Kier molecular flexibility index (Phi) is 5.57. The van der Waals surface area contributed by atoms with Crippen molar-refractivity contribution in [2.75, 3.05) is 32.0 Å². The van der Waals surface area contributed by atoms with Gasteiger partial charge in [-0.2, -0.15) is 11.8 Å². The summed E-state index contributed by atoms with van der Waals surface area (Å²) in [5.74, 6) is 1.16. The molecule has 96 valence electrons. The highest BCUT2D eigenvalue weighted by Crippen LogP contribution is 2.29. The topological polar surface area (TPSA) is 32.7 Å². The van der Waals surface area contributed by atoms with Gasteiger partial charge in [-0.05, 0) is 27.7 Å². The highest BCUT2D eigenvalue weighted by atomic mass is 32.2. The number of hydrogen-bond acceptors (Lipinski definition) is 4. The molecule has 0 radical (unpaired) electrons. The van der Waals surface area contributed by atoms with Crippen LogP contribution in [0.1, 0.15) is 27.7 Å². The van der Waals surface area contributed by atoms with E-state index in [2.05, 4.69) is 18.7 Å². The Balaban J connectivity index is 2.25. The zero-order valence-electron chi connectivity index (χ0n) is 10.9. The molecular formula is C12H25NO2S. The van der Waals surface area contributed by atoms with Crippen molar-refractivity contribution in [3.8, 4) is 0 Å². The number of ether oxygens (including phenoxy) is 1. The van der Waals surface area contributed by atoms with Gasteiger partial charge in [-0.25, -0.2) is 0 Å². The average Bonchev–Trinajstić information content (AvgIpc) is 2.13. The molecule has 0 saturated carbocycles. The van der Waals surface area contributed by atoms with Crippen LogP contribution in [-0.2, 0) is 4.74 Å². The van der Waals surface area contributed by atoms with Crippen molar-refractivity contribution in [2.45, 2.75) is 44.6 Å². The number of aliphatic hydroxyl groups is 1. The van der Waals surface area contributed by atoms with Gasteiger partial charge in [0, 0.05) is 30.1 Å². The van der Waals surface area contributed by atoms with Crippen LogP contribution < -0.4 is 0 Å². The number of thioether (sulfide) groups is 1. The van der Waals surface area contributed by atoms with Crippen LogP contribution in [0.5, 0.6) is 0 Å². The lowest BCUT2D eigenvalue weighted by Crippen LogP contribution is -2.46. The van der Waals surface area contributed by atoms with Crippen LogP contribution in [0.25, 0.3) is 0 Å². The predicted molar refractivity (Wildman–Crippen MR) is 70.1 cm³/mol. The summed E-state index contributed by atoms with van der Waals surface area (Å²) in [4.78, 5) is 2.34. The van der Waals surface area contributed by atoms with E-state index in [4.69, 9.17) is 4.74 Å². The van der Waals surface area contributed by atoms with E-state index >= 15 is 0 Å². The molecule has 0 spiro atoms. The van der Waals surface area contributed by atoms with E-state index in [1.165, 1.54) is 0 Å². The van der Waals surface area contributed by atoms with E-state index in [0.717, 1.165) is 25.4 Å². The first kappa shape index (κ1) is 14.3. The van der Waals surface area contributed by atoms with Gasteiger partial charge in [-0.1, -0.05) is 0 Å². The van der Waals surface area contributed by atoms with Crippen LogP contribution in [0.4, 0.5) is 0 Å². The monoisotopic (exact) mass is 247 g/mol. The average molecular weight is 247 g/mol. The smallest absolute Gasteiger partial charge is 0.0900 e. The van der Waals surface area contributed by atoms with Crippen LogP contribution in [0, 0.1) is 0 Å². The molecule has 4 heteroatoms. The first-order valence-corrected chi connectivity index (χ1v) is 7.03. The molecule has 0 aromatic carbocycles. The van der Waals surface area contributed by atoms with Crippen LogP contribution in [-0.4, -0.2) is 59.0 Å². The van der Waals surface area contributed by atoms with Gasteiger partial charge in [0.2, 0.25) is 0 Å². The van der Waals surface area contributed by atoms with Gasteiger partial charge in [0.15, 0.2) is 0 Å². The third-order valence-corrected chi connectivity index (χ3v) is 3.89. The first-order chi connectivity index (χ1) is 7.39. The van der Waals surface area contributed by atoms with Crippen LogP contribution in [0.15, 0.2) is 0 Å². The Morgan fingerprint density at radius 3 is 2.69 bits per heavy atom. The SMILES string of the molecule is CC(C)OCC(O)CN1CCSC(C)(C)C1. The highest BCUT2D eigenvalue weighted by molar-refractivity contribution is 8.00. The molecule has 0 amide bonds. The second-order valence-corrected chi connectivity index (χ2v) is 7.18. The Morgan fingerprint density at radius 1 is 1.44 bits per heavy atom. The van der Waals surface area contributed by atoms with E-state index in [0.29, 0.717) is 11.4 Å². The quantitative estimate of drug-likeness (QED) is 0.800. The van der Waals surface area contributed by atoms with E-state index in [1.54, 1.807) is 0 Å². The second-order valence-electron chi connectivity index (χ2n) is 5.38. The Labute approximate surface area is 104 Å². The van der Waals surface area contributed by atoms with Crippen LogP contribution >= 0.6 is 11.8 Å². The molecule has 1 atom stereocenters. The maximum atomic E-state index is 9.85. The summed E-state index contributed by atoms with van der Waals surface area (Å²) in [7, 11) is 0. The number of rotatable bonds is 5. The molecule has 0 aromatic rings. The number of aliphatic hydroxyl groups excluding tert-OH is 1. The molecule has 0 aliphatic carbocycles. The zero-order chi connectivity index (χ0) is 12.2. The summed E-state index contributed by atoms with van der Waals surface area (Å²) in [6, 6.07) is 0. The first-order valence-electron chi connectivity index (χ1n) is 6.05. The Hall–Kier alpha value is 0.230. The van der Waals surface area contributed by atoms with E-state index in [-0.39, 0.29) is 12.2 Å². The molecule has 0 aromatic heterocycles. The van der Waals surface area contributed by atoms with E-state index in [9.17, 15) is 5.11 Å². The summed E-state index contributed by atoms with van der Waals surface area (Å²) in [6.07, 6.45) is -0.163. The summed E-state index contributed by atoms with van der Waals surface area (Å²) >= 11 is 2.01. The molecule has 1 aliphatic heterocycles. The van der Waals surface area contributed by atoms with Crippen molar-refractivity contribution < 1.29 is 9.84 Å². The fraction of sp³-hybridized carbons (Fsp3) is 1.00.